The number of allylic oxidation sites excluding steroid dienone is 3. The minimum absolute atomic E-state index is 1.33. The van der Waals surface area contributed by atoms with E-state index in [1.807, 2.05) is 0 Å². The molecule has 0 fully saturated rings. The van der Waals surface area contributed by atoms with Crippen LogP contribution in [0.25, 0.3) is 0 Å². The Balaban J connectivity index is 2.38. The van der Waals surface area contributed by atoms with E-state index in [0.717, 1.165) is 0 Å². The summed E-state index contributed by atoms with van der Waals surface area (Å²) in [6.07, 6.45) is 6.40. The van der Waals surface area contributed by atoms with Crippen molar-refractivity contribution in [1.82, 2.24) is 0 Å². The Morgan fingerprint density at radius 2 is 1.15 bits per heavy atom. The maximum atomic E-state index is 2.43. The second kappa shape index (κ2) is 7.43. The van der Waals surface area contributed by atoms with Crippen LogP contribution in [-0.2, 0) is 17.9 Å². The van der Waals surface area contributed by atoms with Crippen molar-refractivity contribution in [3.63, 3.8) is 0 Å². The van der Waals surface area contributed by atoms with E-state index in [1.165, 1.54) is 18.9 Å². The zero-order valence-electron chi connectivity index (χ0n) is 12.4. The van der Waals surface area contributed by atoms with E-state index in [0.29, 0.717) is 0 Å². The van der Waals surface area contributed by atoms with Crippen LogP contribution in [0, 0.1) is 13.8 Å². The molecule has 0 saturated heterocycles. The van der Waals surface area contributed by atoms with Gasteiger partial charge in [-0.3, -0.25) is 0 Å². The van der Waals surface area contributed by atoms with Gasteiger partial charge in [-0.15, -0.1) is 0 Å². The molecule has 0 saturated carbocycles. The first-order valence-corrected chi connectivity index (χ1v) is 9.47. The van der Waals surface area contributed by atoms with Crippen molar-refractivity contribution in [3.05, 3.63) is 82.3 Å². The third-order valence-corrected chi connectivity index (χ3v) is 7.10. The van der Waals surface area contributed by atoms with Gasteiger partial charge in [-0.1, -0.05) is 0 Å². The van der Waals surface area contributed by atoms with Gasteiger partial charge in [0.15, 0.2) is 0 Å². The molecule has 0 aliphatic carbocycles. The van der Waals surface area contributed by atoms with E-state index in [4.69, 9.17) is 0 Å². The van der Waals surface area contributed by atoms with Crippen LogP contribution in [0.3, 0.4) is 0 Å². The molecule has 0 bridgehead atoms. The van der Waals surface area contributed by atoms with Gasteiger partial charge in [0.25, 0.3) is 0 Å². The van der Waals surface area contributed by atoms with Crippen LogP contribution in [0.2, 0.25) is 0 Å². The molecule has 0 radical (unpaired) electrons. The van der Waals surface area contributed by atoms with Crippen molar-refractivity contribution in [2.45, 2.75) is 20.8 Å². The SMILES string of the molecule is CC=CC=[CH][Ti]([c]1ccc(C)cc1)[c]1ccc(C)cc1. The summed E-state index contributed by atoms with van der Waals surface area (Å²) < 4.78 is 5.43. The van der Waals surface area contributed by atoms with Crippen LogP contribution in [0.4, 0.5) is 0 Å². The summed E-state index contributed by atoms with van der Waals surface area (Å²) in [7, 11) is 0. The van der Waals surface area contributed by atoms with Crippen LogP contribution in [-0.4, -0.2) is 0 Å². The molecule has 0 heterocycles. The molecule has 1 heteroatoms. The third kappa shape index (κ3) is 4.06. The Hall–Kier alpha value is -1.37. The molecule has 0 N–H and O–H groups in total. The van der Waals surface area contributed by atoms with Crippen molar-refractivity contribution >= 4 is 7.74 Å². The summed E-state index contributed by atoms with van der Waals surface area (Å²) in [6.45, 7) is 6.34. The molecule has 0 aromatic heterocycles. The Kier molecular flexibility index (Phi) is 5.58. The normalized spacial score (nSPS) is 11.3. The van der Waals surface area contributed by atoms with Gasteiger partial charge < -0.3 is 0 Å². The number of benzene rings is 2. The second-order valence-corrected chi connectivity index (χ2v) is 8.65. The van der Waals surface area contributed by atoms with E-state index < -0.39 is 17.9 Å². The molecule has 2 aromatic rings. The monoisotopic (exact) mass is 297 g/mol. The van der Waals surface area contributed by atoms with Gasteiger partial charge >= 0.3 is 129 Å². The minimum atomic E-state index is -1.57. The molecule has 0 atom stereocenters. The molecular formula is C19H21Ti. The summed E-state index contributed by atoms with van der Waals surface area (Å²) in [5, 5.41) is 0. The third-order valence-electron chi connectivity index (χ3n) is 3.29. The van der Waals surface area contributed by atoms with Gasteiger partial charge in [0.2, 0.25) is 0 Å². The molecule has 0 spiro atoms. The van der Waals surface area contributed by atoms with E-state index in [1.54, 1.807) is 0 Å². The zero-order chi connectivity index (χ0) is 14.4. The summed E-state index contributed by atoms with van der Waals surface area (Å²) in [5.74, 6) is 0. The number of hydrogen-bond donors (Lipinski definition) is 0. The van der Waals surface area contributed by atoms with Crippen molar-refractivity contribution in [2.24, 2.45) is 0 Å². The van der Waals surface area contributed by atoms with Gasteiger partial charge in [0.1, 0.15) is 0 Å². The molecule has 101 valence electrons. The molecule has 0 amide bonds. The predicted octanol–water partition coefficient (Wildman–Crippen LogP) is 3.96. The fourth-order valence-corrected chi connectivity index (χ4v) is 5.33. The average Bonchev–Trinajstić information content (AvgIpc) is 2.46. The van der Waals surface area contributed by atoms with E-state index in [-0.39, 0.29) is 0 Å². The van der Waals surface area contributed by atoms with E-state index in [2.05, 4.69) is 91.9 Å². The average molecular weight is 297 g/mol. The first kappa shape index (κ1) is 15.0. The topological polar surface area (TPSA) is 0 Å². The molecule has 2 aromatic carbocycles. The second-order valence-electron chi connectivity index (χ2n) is 5.03. The van der Waals surface area contributed by atoms with Crippen molar-refractivity contribution in [1.29, 1.82) is 0 Å². The van der Waals surface area contributed by atoms with Crippen LogP contribution in [0.15, 0.2) is 71.1 Å². The fourth-order valence-electron chi connectivity index (χ4n) is 2.09. The molecular weight excluding hydrogens is 276 g/mol. The molecule has 20 heavy (non-hydrogen) atoms. The molecule has 0 aliphatic heterocycles. The number of hydrogen-bond acceptors (Lipinski definition) is 0. The molecule has 2 rings (SSSR count). The van der Waals surface area contributed by atoms with Crippen LogP contribution in [0.1, 0.15) is 18.1 Å². The quantitative estimate of drug-likeness (QED) is 0.592. The van der Waals surface area contributed by atoms with Gasteiger partial charge in [-0.25, -0.2) is 0 Å². The summed E-state index contributed by atoms with van der Waals surface area (Å²) in [6, 6.07) is 18.1. The van der Waals surface area contributed by atoms with Crippen molar-refractivity contribution in [3.8, 4) is 0 Å². The maximum absolute atomic E-state index is 2.43. The standard InChI is InChI=1S/2C7H7.C5H7.Ti/c2*1-7-5-3-2-4-6-7;1-3-5-4-2;/h2*3-6H,1H3;1,3-5H,2H3;. The van der Waals surface area contributed by atoms with Crippen molar-refractivity contribution < 1.29 is 17.9 Å². The van der Waals surface area contributed by atoms with Gasteiger partial charge in [0.05, 0.1) is 0 Å². The van der Waals surface area contributed by atoms with Gasteiger partial charge in [-0.05, 0) is 0 Å². The summed E-state index contributed by atoms with van der Waals surface area (Å²) in [5.41, 5.74) is 2.65. The van der Waals surface area contributed by atoms with Gasteiger partial charge in [-0.2, -0.15) is 0 Å². The fraction of sp³-hybridized carbons (Fsp3) is 0.158. The summed E-state index contributed by atoms with van der Waals surface area (Å²) in [4.78, 5) is 0. The molecule has 0 nitrogen and oxygen atoms in total. The Morgan fingerprint density at radius 3 is 1.55 bits per heavy atom. The first-order valence-electron chi connectivity index (χ1n) is 7.01. The van der Waals surface area contributed by atoms with E-state index in [9.17, 15) is 0 Å². The van der Waals surface area contributed by atoms with Crippen LogP contribution < -0.4 is 7.74 Å². The van der Waals surface area contributed by atoms with Crippen LogP contribution >= 0.6 is 0 Å². The Morgan fingerprint density at radius 1 is 0.700 bits per heavy atom. The van der Waals surface area contributed by atoms with Gasteiger partial charge in [0, 0.05) is 0 Å². The predicted molar refractivity (Wildman–Crippen MR) is 85.6 cm³/mol. The number of aryl methyl sites for hydroxylation is 2. The Labute approximate surface area is 128 Å². The van der Waals surface area contributed by atoms with Crippen molar-refractivity contribution in [2.75, 3.05) is 0 Å². The van der Waals surface area contributed by atoms with Crippen LogP contribution in [0.5, 0.6) is 0 Å². The Bertz CT molecular complexity index is 543. The molecule has 0 unspecified atom stereocenters. The molecule has 0 aliphatic rings. The van der Waals surface area contributed by atoms with E-state index >= 15 is 0 Å². The zero-order valence-corrected chi connectivity index (χ0v) is 14.0. The first-order chi connectivity index (χ1) is 9.70. The number of rotatable bonds is 4. The summed E-state index contributed by atoms with van der Waals surface area (Å²) >= 11 is -1.57.